The van der Waals surface area contributed by atoms with E-state index in [2.05, 4.69) is 15.9 Å². The Bertz CT molecular complexity index is 862. The molecule has 0 unspecified atom stereocenters. The van der Waals surface area contributed by atoms with Crippen molar-refractivity contribution in [3.63, 3.8) is 0 Å². The van der Waals surface area contributed by atoms with Crippen LogP contribution in [0.1, 0.15) is 11.1 Å². The van der Waals surface area contributed by atoms with E-state index in [4.69, 9.17) is 9.47 Å². The van der Waals surface area contributed by atoms with Gasteiger partial charge in [0.15, 0.2) is 11.5 Å². The summed E-state index contributed by atoms with van der Waals surface area (Å²) in [4.78, 5) is 0. The minimum absolute atomic E-state index is 0.203. The Morgan fingerprint density at radius 1 is 0.680 bits per heavy atom. The SMILES string of the molecule is Fc1ccc(C2(c3ccc(F)cc3)Oc3cc(F)c(Br)cc3O2)cc1. The molecule has 1 aliphatic heterocycles. The third-order valence-electron chi connectivity index (χ3n) is 3.94. The van der Waals surface area contributed by atoms with Crippen molar-refractivity contribution >= 4 is 15.9 Å². The van der Waals surface area contributed by atoms with Crippen LogP contribution in [0.3, 0.4) is 0 Å². The summed E-state index contributed by atoms with van der Waals surface area (Å²) in [6.45, 7) is 0. The Morgan fingerprint density at radius 3 is 1.60 bits per heavy atom. The van der Waals surface area contributed by atoms with Crippen LogP contribution in [0.15, 0.2) is 65.1 Å². The number of hydrogen-bond acceptors (Lipinski definition) is 2. The Morgan fingerprint density at radius 2 is 1.12 bits per heavy atom. The molecule has 3 aromatic carbocycles. The minimum atomic E-state index is -1.46. The molecular weight excluding hydrogens is 397 g/mol. The quantitative estimate of drug-likeness (QED) is 0.556. The fourth-order valence-electron chi connectivity index (χ4n) is 2.74. The first kappa shape index (κ1) is 16.0. The molecule has 0 saturated heterocycles. The zero-order valence-corrected chi connectivity index (χ0v) is 14.2. The normalized spacial score (nSPS) is 14.6. The van der Waals surface area contributed by atoms with Crippen LogP contribution in [0.25, 0.3) is 0 Å². The van der Waals surface area contributed by atoms with Gasteiger partial charge in [0.2, 0.25) is 0 Å². The van der Waals surface area contributed by atoms with Crippen LogP contribution in [-0.2, 0) is 5.79 Å². The second-order valence-corrected chi connectivity index (χ2v) is 6.40. The van der Waals surface area contributed by atoms with E-state index in [0.29, 0.717) is 16.9 Å². The monoisotopic (exact) mass is 406 g/mol. The van der Waals surface area contributed by atoms with E-state index in [-0.39, 0.29) is 10.2 Å². The van der Waals surface area contributed by atoms with E-state index in [1.807, 2.05) is 0 Å². The highest BCUT2D eigenvalue weighted by Gasteiger charge is 2.46. The van der Waals surface area contributed by atoms with E-state index < -0.39 is 23.2 Å². The molecule has 25 heavy (non-hydrogen) atoms. The first-order valence-corrected chi connectivity index (χ1v) is 8.16. The fourth-order valence-corrected chi connectivity index (χ4v) is 3.06. The summed E-state index contributed by atoms with van der Waals surface area (Å²) < 4.78 is 52.7. The van der Waals surface area contributed by atoms with E-state index in [1.165, 1.54) is 60.7 Å². The lowest BCUT2D eigenvalue weighted by molar-refractivity contribution is -0.0460. The Labute approximate surface area is 149 Å². The van der Waals surface area contributed by atoms with Gasteiger partial charge in [-0.15, -0.1) is 0 Å². The average molecular weight is 407 g/mol. The molecule has 6 heteroatoms. The zero-order chi connectivity index (χ0) is 17.6. The van der Waals surface area contributed by atoms with Crippen molar-refractivity contribution in [1.82, 2.24) is 0 Å². The number of ether oxygens (including phenoxy) is 2. The summed E-state index contributed by atoms with van der Waals surface area (Å²) >= 11 is 3.11. The Balaban J connectivity index is 1.89. The number of halogens is 4. The van der Waals surface area contributed by atoms with E-state index in [9.17, 15) is 13.2 Å². The highest BCUT2D eigenvalue weighted by molar-refractivity contribution is 9.10. The van der Waals surface area contributed by atoms with Crippen LogP contribution in [-0.4, -0.2) is 0 Å². The van der Waals surface area contributed by atoms with Crippen molar-refractivity contribution in [2.45, 2.75) is 5.79 Å². The van der Waals surface area contributed by atoms with Gasteiger partial charge in [-0.05, 0) is 64.5 Å². The standard InChI is InChI=1S/C19H10BrF3O2/c20-15-9-17-18(10-16(15)23)25-19(24-17,11-1-5-13(21)6-2-11)12-3-7-14(22)8-4-12/h1-10H. The van der Waals surface area contributed by atoms with E-state index >= 15 is 0 Å². The lowest BCUT2D eigenvalue weighted by Gasteiger charge is -2.28. The molecule has 0 spiro atoms. The van der Waals surface area contributed by atoms with Crippen LogP contribution < -0.4 is 9.47 Å². The van der Waals surface area contributed by atoms with Crippen molar-refractivity contribution < 1.29 is 22.6 Å². The average Bonchev–Trinajstić information content (AvgIpc) is 2.96. The lowest BCUT2D eigenvalue weighted by atomic mass is 9.97. The molecule has 0 atom stereocenters. The topological polar surface area (TPSA) is 18.5 Å². The van der Waals surface area contributed by atoms with Gasteiger partial charge in [0.1, 0.15) is 17.5 Å². The molecule has 0 N–H and O–H groups in total. The highest BCUT2D eigenvalue weighted by Crippen LogP contribution is 2.49. The predicted molar refractivity (Wildman–Crippen MR) is 88.9 cm³/mol. The second-order valence-electron chi connectivity index (χ2n) is 5.55. The van der Waals surface area contributed by atoms with Crippen molar-refractivity contribution in [3.8, 4) is 11.5 Å². The molecule has 0 fully saturated rings. The first-order valence-electron chi connectivity index (χ1n) is 7.37. The minimum Gasteiger partial charge on any atom is -0.440 e. The molecule has 126 valence electrons. The molecule has 3 aromatic rings. The van der Waals surface area contributed by atoms with Crippen LogP contribution in [0, 0.1) is 17.5 Å². The first-order chi connectivity index (χ1) is 12.0. The highest BCUT2D eigenvalue weighted by atomic mass is 79.9. The molecule has 0 radical (unpaired) electrons. The number of benzene rings is 3. The smallest absolute Gasteiger partial charge is 0.305 e. The summed E-state index contributed by atoms with van der Waals surface area (Å²) in [5.74, 6) is -2.27. The summed E-state index contributed by atoms with van der Waals surface area (Å²) in [5.41, 5.74) is 0.987. The Kier molecular flexibility index (Phi) is 3.72. The number of hydrogen-bond donors (Lipinski definition) is 0. The maximum atomic E-state index is 13.9. The molecule has 4 rings (SSSR count). The molecule has 1 heterocycles. The summed E-state index contributed by atoms with van der Waals surface area (Å²) in [5, 5.41) is 0. The van der Waals surface area contributed by atoms with Gasteiger partial charge in [0.25, 0.3) is 0 Å². The number of rotatable bonds is 2. The van der Waals surface area contributed by atoms with E-state index in [1.54, 1.807) is 0 Å². The lowest BCUT2D eigenvalue weighted by Crippen LogP contribution is -2.36. The van der Waals surface area contributed by atoms with Gasteiger partial charge >= 0.3 is 5.79 Å². The molecule has 0 aromatic heterocycles. The van der Waals surface area contributed by atoms with Crippen molar-refractivity contribution in [3.05, 3.63) is 93.7 Å². The van der Waals surface area contributed by atoms with E-state index in [0.717, 1.165) is 0 Å². The maximum absolute atomic E-state index is 13.9. The van der Waals surface area contributed by atoms with Gasteiger partial charge in [-0.25, -0.2) is 13.2 Å². The fraction of sp³-hybridized carbons (Fsp3) is 0.0526. The van der Waals surface area contributed by atoms with Crippen LogP contribution in [0.4, 0.5) is 13.2 Å². The Hall–Kier alpha value is -2.47. The number of fused-ring (bicyclic) bond motifs is 1. The summed E-state index contributed by atoms with van der Waals surface area (Å²) in [6, 6.07) is 13.8. The summed E-state index contributed by atoms with van der Waals surface area (Å²) in [6.07, 6.45) is 0. The van der Waals surface area contributed by atoms with Gasteiger partial charge < -0.3 is 9.47 Å². The second kappa shape index (κ2) is 5.81. The largest absolute Gasteiger partial charge is 0.440 e. The zero-order valence-electron chi connectivity index (χ0n) is 12.6. The van der Waals surface area contributed by atoms with Gasteiger partial charge in [0, 0.05) is 23.3 Å². The van der Waals surface area contributed by atoms with Gasteiger partial charge in [0.05, 0.1) is 4.47 Å². The van der Waals surface area contributed by atoms with Gasteiger partial charge in [-0.3, -0.25) is 0 Å². The van der Waals surface area contributed by atoms with Crippen LogP contribution in [0.5, 0.6) is 11.5 Å². The third-order valence-corrected chi connectivity index (χ3v) is 4.55. The van der Waals surface area contributed by atoms with Crippen molar-refractivity contribution in [1.29, 1.82) is 0 Å². The molecule has 0 amide bonds. The molecule has 0 bridgehead atoms. The van der Waals surface area contributed by atoms with Crippen LogP contribution in [0.2, 0.25) is 0 Å². The van der Waals surface area contributed by atoms with Gasteiger partial charge in [-0.2, -0.15) is 0 Å². The molecular formula is C19H10BrF3O2. The molecule has 1 aliphatic rings. The summed E-state index contributed by atoms with van der Waals surface area (Å²) in [7, 11) is 0. The van der Waals surface area contributed by atoms with Crippen molar-refractivity contribution in [2.24, 2.45) is 0 Å². The van der Waals surface area contributed by atoms with Crippen molar-refractivity contribution in [2.75, 3.05) is 0 Å². The van der Waals surface area contributed by atoms with Gasteiger partial charge in [-0.1, -0.05) is 0 Å². The van der Waals surface area contributed by atoms with Crippen LogP contribution >= 0.6 is 15.9 Å². The predicted octanol–water partition coefficient (Wildman–Crippen LogP) is 5.54. The third kappa shape index (κ3) is 2.66. The molecule has 2 nitrogen and oxygen atoms in total. The maximum Gasteiger partial charge on any atom is 0.305 e. The molecule has 0 saturated carbocycles. The molecule has 0 aliphatic carbocycles.